The first-order chi connectivity index (χ1) is 11.7. The summed E-state index contributed by atoms with van der Waals surface area (Å²) in [4.78, 5) is 16.7. The van der Waals surface area contributed by atoms with Crippen molar-refractivity contribution >= 4 is 5.91 Å². The first-order valence-electron chi connectivity index (χ1n) is 9.01. The minimum absolute atomic E-state index is 0.173. The Hall–Kier alpha value is -1.37. The molecular formula is C18H28N2O4. The summed E-state index contributed by atoms with van der Waals surface area (Å²) in [5.74, 6) is 1.28. The van der Waals surface area contributed by atoms with Crippen LogP contribution in [0.1, 0.15) is 31.4 Å². The number of likely N-dealkylation sites (tertiary alicyclic amines) is 2. The highest BCUT2D eigenvalue weighted by molar-refractivity contribution is 5.79. The van der Waals surface area contributed by atoms with Gasteiger partial charge in [0.25, 0.3) is 0 Å². The number of carbonyl (C=O) groups is 1. The average molecular weight is 336 g/mol. The van der Waals surface area contributed by atoms with Gasteiger partial charge >= 0.3 is 0 Å². The first kappa shape index (κ1) is 17.5. The number of nitrogens with zero attached hydrogens (tertiary/aromatic N) is 2. The van der Waals surface area contributed by atoms with Gasteiger partial charge < -0.3 is 24.1 Å². The minimum atomic E-state index is -0.509. The number of amides is 1. The van der Waals surface area contributed by atoms with E-state index in [0.717, 1.165) is 57.6 Å². The van der Waals surface area contributed by atoms with Crippen LogP contribution in [0.4, 0.5) is 0 Å². The predicted molar refractivity (Wildman–Crippen MR) is 89.3 cm³/mol. The van der Waals surface area contributed by atoms with Crippen molar-refractivity contribution in [1.29, 1.82) is 0 Å². The third-order valence-corrected chi connectivity index (χ3v) is 4.96. The Balaban J connectivity index is 1.32. The smallest absolute Gasteiger partial charge is 0.225 e. The van der Waals surface area contributed by atoms with Crippen molar-refractivity contribution < 1.29 is 19.1 Å². The quantitative estimate of drug-likeness (QED) is 0.817. The molecule has 1 N–H and O–H groups in total. The Morgan fingerprint density at radius 1 is 1.29 bits per heavy atom. The summed E-state index contributed by atoms with van der Waals surface area (Å²) in [5, 5.41) is 10.1. The van der Waals surface area contributed by atoms with E-state index < -0.39 is 6.10 Å². The van der Waals surface area contributed by atoms with Crippen LogP contribution in [0.5, 0.6) is 0 Å². The van der Waals surface area contributed by atoms with Crippen molar-refractivity contribution in [2.45, 2.75) is 38.4 Å². The molecule has 6 nitrogen and oxygen atoms in total. The van der Waals surface area contributed by atoms with Crippen LogP contribution in [-0.2, 0) is 16.1 Å². The number of aliphatic hydroxyl groups excluding tert-OH is 1. The van der Waals surface area contributed by atoms with E-state index >= 15 is 0 Å². The van der Waals surface area contributed by atoms with Crippen LogP contribution >= 0.6 is 0 Å². The molecule has 1 unspecified atom stereocenters. The van der Waals surface area contributed by atoms with Gasteiger partial charge in [0.15, 0.2) is 0 Å². The fourth-order valence-electron chi connectivity index (χ4n) is 3.60. The molecule has 0 aromatic carbocycles. The summed E-state index contributed by atoms with van der Waals surface area (Å²) in [6.07, 6.45) is 5.20. The maximum Gasteiger partial charge on any atom is 0.225 e. The van der Waals surface area contributed by atoms with Crippen LogP contribution < -0.4 is 0 Å². The van der Waals surface area contributed by atoms with Crippen LogP contribution in [0, 0.1) is 5.92 Å². The number of piperidine rings is 1. The largest absolute Gasteiger partial charge is 0.467 e. The summed E-state index contributed by atoms with van der Waals surface area (Å²) in [6, 6.07) is 3.68. The summed E-state index contributed by atoms with van der Waals surface area (Å²) < 4.78 is 10.7. The lowest BCUT2D eigenvalue weighted by molar-refractivity contribution is -0.136. The molecule has 1 atom stereocenters. The highest BCUT2D eigenvalue weighted by Gasteiger charge is 2.30. The van der Waals surface area contributed by atoms with Gasteiger partial charge in [-0.3, -0.25) is 4.79 Å². The van der Waals surface area contributed by atoms with Crippen LogP contribution in [0.25, 0.3) is 0 Å². The summed E-state index contributed by atoms with van der Waals surface area (Å²) in [5.41, 5.74) is 0. The van der Waals surface area contributed by atoms with Gasteiger partial charge in [0.1, 0.15) is 12.4 Å². The van der Waals surface area contributed by atoms with Crippen LogP contribution in [0.2, 0.25) is 0 Å². The van der Waals surface area contributed by atoms with Gasteiger partial charge in [-0.2, -0.15) is 0 Å². The SMILES string of the molecule is O=C(C1CCN(CC(O)COCc2ccco2)CC1)N1CCCC1. The number of hydrogen-bond acceptors (Lipinski definition) is 5. The fourth-order valence-corrected chi connectivity index (χ4v) is 3.60. The molecule has 0 radical (unpaired) electrons. The van der Waals surface area contributed by atoms with Gasteiger partial charge in [-0.25, -0.2) is 0 Å². The summed E-state index contributed by atoms with van der Waals surface area (Å²) >= 11 is 0. The molecule has 2 saturated heterocycles. The summed E-state index contributed by atoms with van der Waals surface area (Å²) in [7, 11) is 0. The van der Waals surface area contributed by atoms with Crippen molar-refractivity contribution in [2.24, 2.45) is 5.92 Å². The number of rotatable bonds is 7. The average Bonchev–Trinajstić information content (AvgIpc) is 3.29. The lowest BCUT2D eigenvalue weighted by Crippen LogP contribution is -2.44. The minimum Gasteiger partial charge on any atom is -0.467 e. The first-order valence-corrected chi connectivity index (χ1v) is 9.01. The zero-order chi connectivity index (χ0) is 16.8. The fraction of sp³-hybridized carbons (Fsp3) is 0.722. The van der Waals surface area contributed by atoms with E-state index in [1.54, 1.807) is 6.26 Å². The highest BCUT2D eigenvalue weighted by Crippen LogP contribution is 2.22. The van der Waals surface area contributed by atoms with Gasteiger partial charge in [0, 0.05) is 25.6 Å². The van der Waals surface area contributed by atoms with Crippen molar-refractivity contribution in [1.82, 2.24) is 9.80 Å². The van der Waals surface area contributed by atoms with Crippen LogP contribution in [0.15, 0.2) is 22.8 Å². The van der Waals surface area contributed by atoms with Crippen molar-refractivity contribution in [3.05, 3.63) is 24.2 Å². The third kappa shape index (κ3) is 4.82. The molecule has 1 aromatic heterocycles. The molecule has 1 aromatic rings. The molecule has 24 heavy (non-hydrogen) atoms. The summed E-state index contributed by atoms with van der Waals surface area (Å²) in [6.45, 7) is 4.90. The zero-order valence-electron chi connectivity index (χ0n) is 14.2. The molecule has 3 rings (SSSR count). The molecule has 2 aliphatic rings. The number of furan rings is 1. The Labute approximate surface area is 143 Å². The third-order valence-electron chi connectivity index (χ3n) is 4.96. The Bertz CT molecular complexity index is 491. The van der Waals surface area contributed by atoms with E-state index in [1.165, 1.54) is 0 Å². The van der Waals surface area contributed by atoms with Crippen LogP contribution in [0.3, 0.4) is 0 Å². The normalized spacial score (nSPS) is 21.3. The zero-order valence-corrected chi connectivity index (χ0v) is 14.2. The number of hydrogen-bond donors (Lipinski definition) is 1. The van der Waals surface area contributed by atoms with E-state index in [-0.39, 0.29) is 5.92 Å². The second-order valence-electron chi connectivity index (χ2n) is 6.86. The molecule has 2 fully saturated rings. The van der Waals surface area contributed by atoms with Crippen molar-refractivity contribution in [3.63, 3.8) is 0 Å². The molecule has 0 spiro atoms. The number of ether oxygens (including phenoxy) is 1. The lowest BCUT2D eigenvalue weighted by atomic mass is 9.95. The van der Waals surface area contributed by atoms with Gasteiger partial charge in [-0.15, -0.1) is 0 Å². The number of aliphatic hydroxyl groups is 1. The molecule has 1 amide bonds. The van der Waals surface area contributed by atoms with Crippen molar-refractivity contribution in [3.8, 4) is 0 Å². The predicted octanol–water partition coefficient (Wildman–Crippen LogP) is 1.49. The van der Waals surface area contributed by atoms with E-state index in [0.29, 0.717) is 25.7 Å². The lowest BCUT2D eigenvalue weighted by Gasteiger charge is -2.34. The molecule has 2 aliphatic heterocycles. The van der Waals surface area contributed by atoms with Gasteiger partial charge in [0.05, 0.1) is 19.0 Å². The monoisotopic (exact) mass is 336 g/mol. The standard InChI is InChI=1S/C18H28N2O4/c21-16(13-23-14-17-4-3-11-24-17)12-19-9-5-15(6-10-19)18(22)20-7-1-2-8-20/h3-4,11,15-16,21H,1-2,5-10,12-14H2. The Kier molecular flexibility index (Phi) is 6.29. The van der Waals surface area contributed by atoms with E-state index in [4.69, 9.17) is 9.15 Å². The molecule has 6 heteroatoms. The highest BCUT2D eigenvalue weighted by atomic mass is 16.5. The van der Waals surface area contributed by atoms with E-state index in [2.05, 4.69) is 4.90 Å². The van der Waals surface area contributed by atoms with Crippen LogP contribution in [-0.4, -0.2) is 66.2 Å². The molecule has 0 saturated carbocycles. The second-order valence-corrected chi connectivity index (χ2v) is 6.86. The van der Waals surface area contributed by atoms with Gasteiger partial charge in [-0.05, 0) is 50.9 Å². The van der Waals surface area contributed by atoms with E-state index in [1.807, 2.05) is 17.0 Å². The van der Waals surface area contributed by atoms with Crippen molar-refractivity contribution in [2.75, 3.05) is 39.3 Å². The van der Waals surface area contributed by atoms with Gasteiger partial charge in [-0.1, -0.05) is 0 Å². The number of carbonyl (C=O) groups excluding carboxylic acids is 1. The maximum absolute atomic E-state index is 12.4. The maximum atomic E-state index is 12.4. The topological polar surface area (TPSA) is 66.2 Å². The molecular weight excluding hydrogens is 308 g/mol. The second kappa shape index (κ2) is 8.65. The molecule has 3 heterocycles. The Morgan fingerprint density at radius 2 is 2.04 bits per heavy atom. The molecule has 0 bridgehead atoms. The Morgan fingerprint density at radius 3 is 2.71 bits per heavy atom. The number of β-amino-alcohol motifs (C(OH)–C–C–N with tert-alkyl or cyclic N) is 1. The molecule has 0 aliphatic carbocycles. The molecule has 134 valence electrons. The van der Waals surface area contributed by atoms with Gasteiger partial charge in [0.2, 0.25) is 5.91 Å². The van der Waals surface area contributed by atoms with E-state index in [9.17, 15) is 9.90 Å².